The maximum absolute atomic E-state index is 12.0. The van der Waals surface area contributed by atoms with Gasteiger partial charge in [0, 0.05) is 7.05 Å². The molecule has 6 nitrogen and oxygen atoms in total. The molecule has 2 amide bonds. The summed E-state index contributed by atoms with van der Waals surface area (Å²) in [6, 6.07) is -0.466. The molecular formula is C13H24N2O4. The topological polar surface area (TPSA) is 89.9 Å². The minimum Gasteiger partial charge on any atom is -0.480 e. The predicted octanol–water partition coefficient (Wildman–Crippen LogP) is 1.19. The van der Waals surface area contributed by atoms with Crippen molar-refractivity contribution in [1.82, 2.24) is 10.2 Å². The Morgan fingerprint density at radius 2 is 1.89 bits per heavy atom. The van der Waals surface area contributed by atoms with E-state index in [0.717, 1.165) is 12.8 Å². The van der Waals surface area contributed by atoms with Crippen LogP contribution in [0.3, 0.4) is 0 Å². The Balaban J connectivity index is 2.59. The molecular weight excluding hydrogens is 248 g/mol. The van der Waals surface area contributed by atoms with E-state index >= 15 is 0 Å². The first-order chi connectivity index (χ1) is 8.72. The molecule has 1 unspecified atom stereocenters. The van der Waals surface area contributed by atoms with Gasteiger partial charge in [-0.25, -0.2) is 9.59 Å². The average Bonchev–Trinajstić information content (AvgIpc) is 2.75. The highest BCUT2D eigenvalue weighted by molar-refractivity contribution is 5.85. The molecule has 0 spiro atoms. The number of carbonyl (C=O) groups is 2. The van der Waals surface area contributed by atoms with Gasteiger partial charge in [0.1, 0.15) is 5.54 Å². The third-order valence-corrected chi connectivity index (χ3v) is 3.97. The Morgan fingerprint density at radius 3 is 2.32 bits per heavy atom. The van der Waals surface area contributed by atoms with Gasteiger partial charge < -0.3 is 20.4 Å². The van der Waals surface area contributed by atoms with Gasteiger partial charge in [0.2, 0.25) is 0 Å². The summed E-state index contributed by atoms with van der Waals surface area (Å²) in [6.45, 7) is 3.42. The molecule has 0 aromatic heterocycles. The number of rotatable bonds is 5. The van der Waals surface area contributed by atoms with Crippen LogP contribution in [0.15, 0.2) is 0 Å². The van der Waals surface area contributed by atoms with Crippen molar-refractivity contribution >= 4 is 12.0 Å². The number of amides is 2. The number of nitrogens with zero attached hydrogens (tertiary/aromatic N) is 1. The largest absolute Gasteiger partial charge is 0.480 e. The maximum Gasteiger partial charge on any atom is 0.329 e. The van der Waals surface area contributed by atoms with Crippen molar-refractivity contribution in [2.45, 2.75) is 57.1 Å². The first-order valence-electron chi connectivity index (χ1n) is 6.71. The summed E-state index contributed by atoms with van der Waals surface area (Å²) >= 11 is 0. The van der Waals surface area contributed by atoms with Crippen molar-refractivity contribution in [2.75, 3.05) is 13.6 Å². The molecule has 1 aliphatic carbocycles. The number of hydrogen-bond acceptors (Lipinski definition) is 3. The predicted molar refractivity (Wildman–Crippen MR) is 70.9 cm³/mol. The molecule has 0 heterocycles. The van der Waals surface area contributed by atoms with E-state index in [0.29, 0.717) is 19.3 Å². The zero-order chi connectivity index (χ0) is 14.7. The zero-order valence-electron chi connectivity index (χ0n) is 11.9. The van der Waals surface area contributed by atoms with Crippen LogP contribution in [-0.4, -0.2) is 51.8 Å². The fourth-order valence-corrected chi connectivity index (χ4v) is 2.33. The molecule has 3 N–H and O–H groups in total. The van der Waals surface area contributed by atoms with E-state index in [9.17, 15) is 14.7 Å². The highest BCUT2D eigenvalue weighted by Gasteiger charge is 2.37. The number of urea groups is 1. The van der Waals surface area contributed by atoms with E-state index in [4.69, 9.17) is 5.11 Å². The molecule has 0 saturated heterocycles. The molecule has 0 aliphatic heterocycles. The maximum atomic E-state index is 12.0. The second-order valence-corrected chi connectivity index (χ2v) is 5.71. The third kappa shape index (κ3) is 3.83. The number of carboxylic acid groups (broad SMARTS) is 1. The standard InChI is InChI=1S/C13H24N2O4/c1-4-12(2,10(16)17)14-11(18)15(3)9-13(19)7-5-6-8-13/h19H,4-9H2,1-3H3,(H,14,18)(H,16,17). The van der Waals surface area contributed by atoms with E-state index < -0.39 is 23.1 Å². The van der Waals surface area contributed by atoms with Gasteiger partial charge in [-0.1, -0.05) is 19.8 Å². The molecule has 6 heteroatoms. The van der Waals surface area contributed by atoms with Crippen molar-refractivity contribution in [3.8, 4) is 0 Å². The smallest absolute Gasteiger partial charge is 0.329 e. The Morgan fingerprint density at radius 1 is 1.37 bits per heavy atom. The first kappa shape index (κ1) is 15.8. The van der Waals surface area contributed by atoms with Crippen molar-refractivity contribution in [3.63, 3.8) is 0 Å². The molecule has 1 rings (SSSR count). The summed E-state index contributed by atoms with van der Waals surface area (Å²) < 4.78 is 0. The average molecular weight is 272 g/mol. The molecule has 0 aromatic carbocycles. The lowest BCUT2D eigenvalue weighted by atomic mass is 9.99. The molecule has 1 atom stereocenters. The molecule has 0 aromatic rings. The van der Waals surface area contributed by atoms with Gasteiger partial charge in [0.15, 0.2) is 0 Å². The fourth-order valence-electron chi connectivity index (χ4n) is 2.33. The normalized spacial score (nSPS) is 20.6. The van der Waals surface area contributed by atoms with Crippen LogP contribution in [-0.2, 0) is 4.79 Å². The second-order valence-electron chi connectivity index (χ2n) is 5.71. The Bertz CT molecular complexity index is 353. The molecule has 1 saturated carbocycles. The van der Waals surface area contributed by atoms with Crippen molar-refractivity contribution in [3.05, 3.63) is 0 Å². The minimum atomic E-state index is -1.27. The number of nitrogens with one attached hydrogen (secondary N) is 1. The van der Waals surface area contributed by atoms with Crippen LogP contribution < -0.4 is 5.32 Å². The number of aliphatic hydroxyl groups is 1. The van der Waals surface area contributed by atoms with Gasteiger partial charge in [-0.15, -0.1) is 0 Å². The zero-order valence-corrected chi connectivity index (χ0v) is 11.9. The first-order valence-corrected chi connectivity index (χ1v) is 6.71. The molecule has 0 bridgehead atoms. The van der Waals surface area contributed by atoms with Crippen molar-refractivity contribution in [1.29, 1.82) is 0 Å². The van der Waals surface area contributed by atoms with Gasteiger partial charge in [0.25, 0.3) is 0 Å². The van der Waals surface area contributed by atoms with E-state index in [2.05, 4.69) is 5.32 Å². The highest BCUT2D eigenvalue weighted by Crippen LogP contribution is 2.29. The van der Waals surface area contributed by atoms with E-state index in [1.165, 1.54) is 11.8 Å². The van der Waals surface area contributed by atoms with Crippen LogP contribution in [0.2, 0.25) is 0 Å². The van der Waals surface area contributed by atoms with Gasteiger partial charge in [-0.2, -0.15) is 0 Å². The number of carboxylic acids is 1. The van der Waals surface area contributed by atoms with Crippen molar-refractivity contribution in [2.24, 2.45) is 0 Å². The monoisotopic (exact) mass is 272 g/mol. The Hall–Kier alpha value is -1.30. The quantitative estimate of drug-likeness (QED) is 0.701. The van der Waals surface area contributed by atoms with Gasteiger partial charge >= 0.3 is 12.0 Å². The molecule has 0 radical (unpaired) electrons. The minimum absolute atomic E-state index is 0.234. The molecule has 1 fully saturated rings. The number of aliphatic carboxylic acids is 1. The van der Waals surface area contributed by atoms with E-state index in [-0.39, 0.29) is 6.54 Å². The van der Waals surface area contributed by atoms with Gasteiger partial charge in [-0.05, 0) is 26.2 Å². The highest BCUT2D eigenvalue weighted by atomic mass is 16.4. The van der Waals surface area contributed by atoms with Crippen LogP contribution >= 0.6 is 0 Å². The summed E-state index contributed by atoms with van der Waals surface area (Å²) in [5, 5.41) is 21.9. The summed E-state index contributed by atoms with van der Waals surface area (Å²) in [7, 11) is 1.57. The van der Waals surface area contributed by atoms with Gasteiger partial charge in [-0.3, -0.25) is 0 Å². The number of likely N-dealkylation sites (N-methyl/N-ethyl adjacent to an activating group) is 1. The Labute approximate surface area is 113 Å². The number of carbonyl (C=O) groups excluding carboxylic acids is 1. The molecule has 110 valence electrons. The van der Waals surface area contributed by atoms with Crippen LogP contribution in [0.4, 0.5) is 4.79 Å². The third-order valence-electron chi connectivity index (χ3n) is 3.97. The second kappa shape index (κ2) is 5.77. The lowest BCUT2D eigenvalue weighted by Gasteiger charge is -2.32. The summed E-state index contributed by atoms with van der Waals surface area (Å²) in [6.07, 6.45) is 3.61. The molecule has 19 heavy (non-hydrogen) atoms. The van der Waals surface area contributed by atoms with Gasteiger partial charge in [0.05, 0.1) is 12.1 Å². The molecule has 1 aliphatic rings. The van der Waals surface area contributed by atoms with Crippen molar-refractivity contribution < 1.29 is 19.8 Å². The van der Waals surface area contributed by atoms with Crippen LogP contribution in [0.1, 0.15) is 46.0 Å². The fraction of sp³-hybridized carbons (Fsp3) is 0.846. The SMILES string of the molecule is CCC(C)(NC(=O)N(C)CC1(O)CCCC1)C(=O)O. The van der Waals surface area contributed by atoms with Crippen LogP contribution in [0.5, 0.6) is 0 Å². The van der Waals surface area contributed by atoms with E-state index in [1.807, 2.05) is 0 Å². The lowest BCUT2D eigenvalue weighted by molar-refractivity contribution is -0.143. The lowest BCUT2D eigenvalue weighted by Crippen LogP contribution is -2.56. The van der Waals surface area contributed by atoms with Crippen LogP contribution in [0, 0.1) is 0 Å². The summed E-state index contributed by atoms with van der Waals surface area (Å²) in [5.41, 5.74) is -2.10. The summed E-state index contributed by atoms with van der Waals surface area (Å²) in [5.74, 6) is -1.06. The van der Waals surface area contributed by atoms with Crippen LogP contribution in [0.25, 0.3) is 0 Å². The summed E-state index contributed by atoms with van der Waals surface area (Å²) in [4.78, 5) is 24.5. The number of hydrogen-bond donors (Lipinski definition) is 3. The Kier molecular flexibility index (Phi) is 4.79. The van der Waals surface area contributed by atoms with E-state index in [1.54, 1.807) is 14.0 Å².